The number of aromatic nitrogens is 1. The molecule has 0 amide bonds. The van der Waals surface area contributed by atoms with Gasteiger partial charge in [0.25, 0.3) is 0 Å². The molecule has 1 aromatic heterocycles. The smallest absolute Gasteiger partial charge is 0.134 e. The van der Waals surface area contributed by atoms with Crippen molar-refractivity contribution in [2.45, 2.75) is 20.1 Å². The first-order chi connectivity index (χ1) is 8.28. The van der Waals surface area contributed by atoms with Gasteiger partial charge in [0.15, 0.2) is 0 Å². The van der Waals surface area contributed by atoms with Crippen LogP contribution in [0.2, 0.25) is 0 Å². The second kappa shape index (κ2) is 5.50. The van der Waals surface area contributed by atoms with Crippen LogP contribution in [0, 0.1) is 6.92 Å². The Kier molecular flexibility index (Phi) is 3.77. The Morgan fingerprint density at radius 1 is 1.18 bits per heavy atom. The van der Waals surface area contributed by atoms with Crippen LogP contribution < -0.4 is 4.74 Å². The summed E-state index contributed by atoms with van der Waals surface area (Å²) in [6.07, 6.45) is 0. The van der Waals surface area contributed by atoms with Crippen molar-refractivity contribution in [2.75, 3.05) is 7.11 Å². The molecule has 0 aliphatic rings. The lowest BCUT2D eigenvalue weighted by Gasteiger charge is -2.03. The number of methoxy groups -OCH3 is 1. The Balaban J connectivity index is 1.81. The molecule has 0 unspecified atom stereocenters. The number of nitrogens with zero attached hydrogens (tertiary/aromatic N) is 1. The molecule has 17 heavy (non-hydrogen) atoms. The van der Waals surface area contributed by atoms with Gasteiger partial charge in [-0.15, -0.1) is 0 Å². The van der Waals surface area contributed by atoms with Crippen LogP contribution in [0.4, 0.5) is 0 Å². The summed E-state index contributed by atoms with van der Waals surface area (Å²) in [7, 11) is 1.65. The largest absolute Gasteiger partial charge is 0.497 e. The van der Waals surface area contributed by atoms with Crippen molar-refractivity contribution in [2.24, 2.45) is 0 Å². The number of hydrogen-bond acceptors (Lipinski definition) is 4. The number of rotatable bonds is 5. The molecule has 0 saturated heterocycles. The Labute approximate surface area is 100 Å². The minimum atomic E-state index is 0.462. The molecule has 90 valence electrons. The van der Waals surface area contributed by atoms with E-state index in [1.54, 1.807) is 7.11 Å². The van der Waals surface area contributed by atoms with E-state index in [4.69, 9.17) is 14.0 Å². The molecule has 0 aliphatic carbocycles. The van der Waals surface area contributed by atoms with Crippen molar-refractivity contribution in [1.82, 2.24) is 5.16 Å². The third kappa shape index (κ3) is 3.32. The fraction of sp³-hybridized carbons (Fsp3) is 0.308. The molecule has 0 radical (unpaired) electrons. The van der Waals surface area contributed by atoms with Crippen LogP contribution in [0.15, 0.2) is 34.9 Å². The van der Waals surface area contributed by atoms with Gasteiger partial charge >= 0.3 is 0 Å². The summed E-state index contributed by atoms with van der Waals surface area (Å²) in [6, 6.07) is 9.66. The molecule has 4 nitrogen and oxygen atoms in total. The number of hydrogen-bond donors (Lipinski definition) is 0. The molecule has 0 saturated carbocycles. The Bertz CT molecular complexity index is 462. The molecular formula is C13H15NO3. The van der Waals surface area contributed by atoms with E-state index in [2.05, 4.69) is 5.16 Å². The fourth-order valence-electron chi connectivity index (χ4n) is 1.48. The highest BCUT2D eigenvalue weighted by atomic mass is 16.5. The average molecular weight is 233 g/mol. The van der Waals surface area contributed by atoms with Gasteiger partial charge in [0.1, 0.15) is 17.2 Å². The van der Waals surface area contributed by atoms with Gasteiger partial charge < -0.3 is 14.0 Å². The number of benzene rings is 1. The maximum atomic E-state index is 5.53. The monoisotopic (exact) mass is 233 g/mol. The normalized spacial score (nSPS) is 10.5. The SMILES string of the molecule is COc1ccc(COCc2cc(C)on2)cc1. The predicted molar refractivity (Wildman–Crippen MR) is 62.7 cm³/mol. The van der Waals surface area contributed by atoms with Crippen molar-refractivity contribution in [3.05, 3.63) is 47.3 Å². The fourth-order valence-corrected chi connectivity index (χ4v) is 1.48. The highest BCUT2D eigenvalue weighted by Gasteiger charge is 2.00. The molecule has 1 aromatic carbocycles. The third-order valence-electron chi connectivity index (χ3n) is 2.35. The minimum absolute atomic E-state index is 0.462. The maximum Gasteiger partial charge on any atom is 0.134 e. The summed E-state index contributed by atoms with van der Waals surface area (Å²) in [5, 5.41) is 3.85. The number of ether oxygens (including phenoxy) is 2. The van der Waals surface area contributed by atoms with Crippen LogP contribution in [0.3, 0.4) is 0 Å². The van der Waals surface area contributed by atoms with Gasteiger partial charge in [0.05, 0.1) is 20.3 Å². The van der Waals surface area contributed by atoms with Gasteiger partial charge in [-0.05, 0) is 24.6 Å². The summed E-state index contributed by atoms with van der Waals surface area (Å²) >= 11 is 0. The Morgan fingerprint density at radius 2 is 1.94 bits per heavy atom. The lowest BCUT2D eigenvalue weighted by Crippen LogP contribution is -1.94. The van der Waals surface area contributed by atoms with Gasteiger partial charge in [-0.2, -0.15) is 0 Å². The molecule has 0 N–H and O–H groups in total. The number of aryl methyl sites for hydroxylation is 1. The zero-order chi connectivity index (χ0) is 12.1. The molecule has 2 rings (SSSR count). The standard InChI is InChI=1S/C13H15NO3/c1-10-7-12(14-17-10)9-16-8-11-3-5-13(15-2)6-4-11/h3-7H,8-9H2,1-2H3. The summed E-state index contributed by atoms with van der Waals surface area (Å²) in [5.74, 6) is 1.65. The predicted octanol–water partition coefficient (Wildman–Crippen LogP) is 2.71. The minimum Gasteiger partial charge on any atom is -0.497 e. The van der Waals surface area contributed by atoms with Crippen LogP contribution in [-0.4, -0.2) is 12.3 Å². The summed E-state index contributed by atoms with van der Waals surface area (Å²) in [5.41, 5.74) is 1.92. The Morgan fingerprint density at radius 3 is 2.53 bits per heavy atom. The molecular weight excluding hydrogens is 218 g/mol. The van der Waals surface area contributed by atoms with E-state index in [1.165, 1.54) is 0 Å². The van der Waals surface area contributed by atoms with E-state index in [0.717, 1.165) is 22.8 Å². The van der Waals surface area contributed by atoms with E-state index in [1.807, 2.05) is 37.3 Å². The summed E-state index contributed by atoms with van der Waals surface area (Å²) in [6.45, 7) is 2.87. The topological polar surface area (TPSA) is 44.5 Å². The summed E-state index contributed by atoms with van der Waals surface area (Å²) in [4.78, 5) is 0. The van der Waals surface area contributed by atoms with Crippen molar-refractivity contribution in [1.29, 1.82) is 0 Å². The van der Waals surface area contributed by atoms with Crippen LogP contribution in [-0.2, 0) is 18.0 Å². The van der Waals surface area contributed by atoms with Crippen LogP contribution in [0.5, 0.6) is 5.75 Å². The van der Waals surface area contributed by atoms with Crippen molar-refractivity contribution >= 4 is 0 Å². The lowest BCUT2D eigenvalue weighted by atomic mass is 10.2. The zero-order valence-corrected chi connectivity index (χ0v) is 9.97. The van der Waals surface area contributed by atoms with Crippen LogP contribution >= 0.6 is 0 Å². The highest BCUT2D eigenvalue weighted by molar-refractivity contribution is 5.26. The highest BCUT2D eigenvalue weighted by Crippen LogP contribution is 2.12. The second-order valence-corrected chi connectivity index (χ2v) is 3.77. The molecule has 0 bridgehead atoms. The molecule has 0 spiro atoms. The van der Waals surface area contributed by atoms with Gasteiger partial charge in [0.2, 0.25) is 0 Å². The van der Waals surface area contributed by atoms with Gasteiger partial charge in [-0.3, -0.25) is 0 Å². The summed E-state index contributed by atoms with van der Waals surface area (Å²) < 4.78 is 15.6. The van der Waals surface area contributed by atoms with Gasteiger partial charge in [-0.25, -0.2) is 0 Å². The van der Waals surface area contributed by atoms with Crippen molar-refractivity contribution in [3.8, 4) is 5.75 Å². The molecule has 0 atom stereocenters. The Hall–Kier alpha value is -1.81. The van der Waals surface area contributed by atoms with Crippen molar-refractivity contribution < 1.29 is 14.0 Å². The average Bonchev–Trinajstić information content (AvgIpc) is 2.76. The first-order valence-corrected chi connectivity index (χ1v) is 5.41. The van der Waals surface area contributed by atoms with Crippen molar-refractivity contribution in [3.63, 3.8) is 0 Å². The molecule has 0 fully saturated rings. The lowest BCUT2D eigenvalue weighted by molar-refractivity contribution is 0.102. The molecule has 4 heteroatoms. The first-order valence-electron chi connectivity index (χ1n) is 5.41. The van der Waals surface area contributed by atoms with E-state index < -0.39 is 0 Å². The molecule has 0 aliphatic heterocycles. The van der Waals surface area contributed by atoms with Crippen LogP contribution in [0.25, 0.3) is 0 Å². The quantitative estimate of drug-likeness (QED) is 0.796. The van der Waals surface area contributed by atoms with Gasteiger partial charge in [0, 0.05) is 6.07 Å². The first kappa shape index (κ1) is 11.7. The van der Waals surface area contributed by atoms with E-state index in [9.17, 15) is 0 Å². The molecule has 1 heterocycles. The zero-order valence-electron chi connectivity index (χ0n) is 9.97. The third-order valence-corrected chi connectivity index (χ3v) is 2.35. The second-order valence-electron chi connectivity index (χ2n) is 3.77. The van der Waals surface area contributed by atoms with Crippen LogP contribution in [0.1, 0.15) is 17.0 Å². The van der Waals surface area contributed by atoms with E-state index >= 15 is 0 Å². The molecule has 2 aromatic rings. The maximum absolute atomic E-state index is 5.53. The van der Waals surface area contributed by atoms with Gasteiger partial charge in [-0.1, -0.05) is 17.3 Å². The van der Waals surface area contributed by atoms with E-state index in [-0.39, 0.29) is 0 Å². The van der Waals surface area contributed by atoms with E-state index in [0.29, 0.717) is 13.2 Å².